The molecule has 1 N–H and O–H groups in total. The molecule has 3 aromatic rings. The highest BCUT2D eigenvalue weighted by molar-refractivity contribution is 5.75. The minimum Gasteiger partial charge on any atom is -0.466 e. The van der Waals surface area contributed by atoms with E-state index in [2.05, 4.69) is 20.1 Å². The first-order chi connectivity index (χ1) is 14.2. The van der Waals surface area contributed by atoms with Crippen LogP contribution in [0.2, 0.25) is 0 Å². The fourth-order valence-corrected chi connectivity index (χ4v) is 3.88. The van der Waals surface area contributed by atoms with Crippen molar-refractivity contribution in [2.45, 2.75) is 57.9 Å². The van der Waals surface area contributed by atoms with Gasteiger partial charge in [0.15, 0.2) is 5.65 Å². The van der Waals surface area contributed by atoms with Crippen molar-refractivity contribution in [3.63, 3.8) is 0 Å². The summed E-state index contributed by atoms with van der Waals surface area (Å²) in [5, 5.41) is 8.82. The summed E-state index contributed by atoms with van der Waals surface area (Å²) in [5.74, 6) is 0.333. The Labute approximate surface area is 170 Å². The molecule has 0 saturated heterocycles. The van der Waals surface area contributed by atoms with Gasteiger partial charge in [0.1, 0.15) is 0 Å². The first-order valence-electron chi connectivity index (χ1n) is 10.4. The maximum Gasteiger partial charge on any atom is 0.310 e. The SMILES string of the molecule is CCOC(=O)Cc1ccc(Nc2ncc3cnn(C4CCCCCC4)c3n2)cc1. The van der Waals surface area contributed by atoms with Crippen LogP contribution in [0.25, 0.3) is 11.0 Å². The summed E-state index contributed by atoms with van der Waals surface area (Å²) in [4.78, 5) is 20.8. The van der Waals surface area contributed by atoms with Crippen molar-refractivity contribution in [3.8, 4) is 0 Å². The summed E-state index contributed by atoms with van der Waals surface area (Å²) in [6, 6.07) is 8.08. The molecule has 0 radical (unpaired) electrons. The summed E-state index contributed by atoms with van der Waals surface area (Å²) >= 11 is 0. The van der Waals surface area contributed by atoms with Crippen LogP contribution in [-0.2, 0) is 16.0 Å². The van der Waals surface area contributed by atoms with E-state index in [4.69, 9.17) is 9.72 Å². The molecule has 152 valence electrons. The lowest BCUT2D eigenvalue weighted by Crippen LogP contribution is -2.11. The Kier molecular flexibility index (Phi) is 6.03. The summed E-state index contributed by atoms with van der Waals surface area (Å²) < 4.78 is 7.07. The molecule has 1 saturated carbocycles. The van der Waals surface area contributed by atoms with Gasteiger partial charge in [0.2, 0.25) is 5.95 Å². The molecule has 2 heterocycles. The van der Waals surface area contributed by atoms with Crippen molar-refractivity contribution in [3.05, 3.63) is 42.2 Å². The van der Waals surface area contributed by atoms with Gasteiger partial charge in [0.25, 0.3) is 0 Å². The Hall–Kier alpha value is -2.96. The molecule has 4 rings (SSSR count). The molecule has 29 heavy (non-hydrogen) atoms. The maximum absolute atomic E-state index is 11.6. The van der Waals surface area contributed by atoms with Crippen molar-refractivity contribution in [2.75, 3.05) is 11.9 Å². The lowest BCUT2D eigenvalue weighted by atomic mass is 10.1. The number of hydrogen-bond donors (Lipinski definition) is 1. The van der Waals surface area contributed by atoms with E-state index < -0.39 is 0 Å². The van der Waals surface area contributed by atoms with Crippen molar-refractivity contribution < 1.29 is 9.53 Å². The number of benzene rings is 1. The van der Waals surface area contributed by atoms with Crippen LogP contribution < -0.4 is 5.32 Å². The van der Waals surface area contributed by atoms with Crippen LogP contribution in [0.15, 0.2) is 36.7 Å². The van der Waals surface area contributed by atoms with Gasteiger partial charge in [-0.2, -0.15) is 10.1 Å². The van der Waals surface area contributed by atoms with Gasteiger partial charge >= 0.3 is 5.97 Å². The van der Waals surface area contributed by atoms with Crippen LogP contribution in [0, 0.1) is 0 Å². The second-order valence-electron chi connectivity index (χ2n) is 7.51. The molecular weight excluding hydrogens is 366 g/mol. The molecule has 1 aliphatic carbocycles. The second kappa shape index (κ2) is 9.03. The normalized spacial score (nSPS) is 15.2. The predicted molar refractivity (Wildman–Crippen MR) is 112 cm³/mol. The third kappa shape index (κ3) is 4.72. The number of hydrogen-bond acceptors (Lipinski definition) is 6. The molecule has 0 bridgehead atoms. The Morgan fingerprint density at radius 1 is 1.14 bits per heavy atom. The van der Waals surface area contributed by atoms with Gasteiger partial charge in [-0.15, -0.1) is 0 Å². The van der Waals surface area contributed by atoms with E-state index in [1.807, 2.05) is 43.6 Å². The lowest BCUT2D eigenvalue weighted by molar-refractivity contribution is -0.142. The maximum atomic E-state index is 11.6. The number of carbonyl (C=O) groups excluding carboxylic acids is 1. The van der Waals surface area contributed by atoms with Crippen LogP contribution in [-0.4, -0.2) is 32.3 Å². The summed E-state index contributed by atoms with van der Waals surface area (Å²) in [5.41, 5.74) is 2.67. The number of ether oxygens (including phenoxy) is 1. The van der Waals surface area contributed by atoms with Gasteiger partial charge in [-0.1, -0.05) is 37.8 Å². The molecule has 7 heteroatoms. The fraction of sp³-hybridized carbons (Fsp3) is 0.455. The van der Waals surface area contributed by atoms with E-state index in [0.29, 0.717) is 18.6 Å². The van der Waals surface area contributed by atoms with Gasteiger partial charge in [0.05, 0.1) is 30.7 Å². The number of fused-ring (bicyclic) bond motifs is 1. The van der Waals surface area contributed by atoms with Gasteiger partial charge in [-0.3, -0.25) is 4.79 Å². The number of aromatic nitrogens is 4. The highest BCUT2D eigenvalue weighted by Gasteiger charge is 2.18. The Bertz CT molecular complexity index is 959. The minimum atomic E-state index is -0.214. The quantitative estimate of drug-likeness (QED) is 0.488. The number of rotatable bonds is 6. The second-order valence-corrected chi connectivity index (χ2v) is 7.51. The zero-order valence-electron chi connectivity index (χ0n) is 16.8. The molecule has 0 atom stereocenters. The average molecular weight is 393 g/mol. The molecule has 0 spiro atoms. The molecule has 0 unspecified atom stereocenters. The predicted octanol–water partition coefficient (Wildman–Crippen LogP) is 4.57. The van der Waals surface area contributed by atoms with E-state index in [0.717, 1.165) is 35.1 Å². The molecule has 0 aliphatic heterocycles. The molecule has 7 nitrogen and oxygen atoms in total. The van der Waals surface area contributed by atoms with Crippen LogP contribution in [0.5, 0.6) is 0 Å². The molecule has 0 amide bonds. The zero-order valence-corrected chi connectivity index (χ0v) is 16.8. The number of nitrogens with one attached hydrogen (secondary N) is 1. The van der Waals surface area contributed by atoms with E-state index in [-0.39, 0.29) is 12.4 Å². The monoisotopic (exact) mass is 393 g/mol. The van der Waals surface area contributed by atoms with Gasteiger partial charge < -0.3 is 10.1 Å². The minimum absolute atomic E-state index is 0.214. The Balaban J connectivity index is 1.49. The van der Waals surface area contributed by atoms with Crippen molar-refractivity contribution in [2.24, 2.45) is 0 Å². The number of nitrogens with zero attached hydrogens (tertiary/aromatic N) is 4. The standard InChI is InChI=1S/C22H27N5O2/c1-2-29-20(28)13-16-9-11-18(12-10-16)25-22-23-14-17-15-24-27(21(17)26-22)19-7-5-3-4-6-8-19/h9-12,14-15,19H,2-8,13H2,1H3,(H,23,25,26). The highest BCUT2D eigenvalue weighted by Crippen LogP contribution is 2.29. The fourth-order valence-electron chi connectivity index (χ4n) is 3.88. The first-order valence-corrected chi connectivity index (χ1v) is 10.4. The van der Waals surface area contributed by atoms with E-state index in [9.17, 15) is 4.79 Å². The summed E-state index contributed by atoms with van der Waals surface area (Å²) in [7, 11) is 0. The summed E-state index contributed by atoms with van der Waals surface area (Å²) in [6.07, 6.45) is 11.4. The van der Waals surface area contributed by atoms with E-state index in [1.54, 1.807) is 0 Å². The zero-order chi connectivity index (χ0) is 20.1. The number of carbonyl (C=O) groups is 1. The Morgan fingerprint density at radius 2 is 1.90 bits per heavy atom. The largest absolute Gasteiger partial charge is 0.466 e. The van der Waals surface area contributed by atoms with Crippen LogP contribution in [0.3, 0.4) is 0 Å². The number of esters is 1. The highest BCUT2D eigenvalue weighted by atomic mass is 16.5. The van der Waals surface area contributed by atoms with E-state index in [1.165, 1.54) is 25.7 Å². The molecule has 1 aliphatic rings. The van der Waals surface area contributed by atoms with Gasteiger partial charge in [-0.05, 0) is 37.5 Å². The molecule has 1 fully saturated rings. The smallest absolute Gasteiger partial charge is 0.310 e. The van der Waals surface area contributed by atoms with Crippen LogP contribution in [0.1, 0.15) is 57.1 Å². The lowest BCUT2D eigenvalue weighted by Gasteiger charge is -2.15. The van der Waals surface area contributed by atoms with Crippen LogP contribution in [0.4, 0.5) is 11.6 Å². The molecule has 1 aromatic carbocycles. The van der Waals surface area contributed by atoms with Gasteiger partial charge in [-0.25, -0.2) is 9.67 Å². The van der Waals surface area contributed by atoms with Crippen molar-refractivity contribution in [1.29, 1.82) is 0 Å². The average Bonchev–Trinajstić information content (AvgIpc) is 2.95. The number of anilines is 2. The van der Waals surface area contributed by atoms with Gasteiger partial charge in [0, 0.05) is 11.9 Å². The first kappa shape index (κ1) is 19.4. The van der Waals surface area contributed by atoms with E-state index >= 15 is 0 Å². The molecular formula is C22H27N5O2. The topological polar surface area (TPSA) is 81.9 Å². The Morgan fingerprint density at radius 3 is 2.62 bits per heavy atom. The van der Waals surface area contributed by atoms with Crippen LogP contribution >= 0.6 is 0 Å². The molecule has 2 aromatic heterocycles. The third-order valence-electron chi connectivity index (χ3n) is 5.37. The third-order valence-corrected chi connectivity index (χ3v) is 5.37. The van der Waals surface area contributed by atoms with Crippen molar-refractivity contribution >= 4 is 28.6 Å². The summed E-state index contributed by atoms with van der Waals surface area (Å²) in [6.45, 7) is 2.21. The van der Waals surface area contributed by atoms with Crippen molar-refractivity contribution in [1.82, 2.24) is 19.7 Å².